The van der Waals surface area contributed by atoms with Crippen LogP contribution in [-0.4, -0.2) is 32.6 Å². The van der Waals surface area contributed by atoms with Gasteiger partial charge in [-0.05, 0) is 75.1 Å². The van der Waals surface area contributed by atoms with Crippen molar-refractivity contribution in [1.82, 2.24) is 24.5 Å². The second-order valence-corrected chi connectivity index (χ2v) is 22.5. The largest absolute Gasteiger partial charge is 0.501 e. The molecule has 0 fully saturated rings. The summed E-state index contributed by atoms with van der Waals surface area (Å²) in [5.74, 6) is 1.27. The number of pyridine rings is 1. The number of aromatic nitrogens is 5. The molecule has 0 bridgehead atoms. The van der Waals surface area contributed by atoms with Gasteiger partial charge in [-0.25, -0.2) is 9.97 Å². The van der Waals surface area contributed by atoms with Gasteiger partial charge in [-0.2, -0.15) is 0 Å². The van der Waals surface area contributed by atoms with E-state index in [1.54, 1.807) is 6.33 Å². The standard InChI is InChI=1S/C35H29N4O.C21H22NSi.Ir/c1-21(2)28-17-24(23-11-6-5-7-12-23)18-29(22(3)4)32(28)39-30-19-36-20-37-34(30)38-35(39)27-15-10-14-26-25-13-8-9-16-31(25)40-33(26)27;1-23(2,3)21-16-22-20(18-12-8-5-9-13-18)15-19(21)14-17-10-6-4-7-11-17;/h5-14,16-22H,1-4H3;4-12,15-16H,14H2,1-3H3;/q2*-1;/i;14D2;. The molecule has 4 heterocycles. The molecule has 0 amide bonds. The Morgan fingerprint density at radius 1 is 0.703 bits per heavy atom. The number of benzene rings is 6. The second-order valence-electron chi connectivity index (χ2n) is 17.5. The minimum atomic E-state index is -1.76. The maximum Gasteiger partial charge on any atom is 0.171 e. The molecule has 10 aromatic rings. The number of rotatable bonds is 9. The smallest absolute Gasteiger partial charge is 0.171 e. The topological polar surface area (TPSA) is 69.6 Å². The van der Waals surface area contributed by atoms with Crippen molar-refractivity contribution in [3.63, 3.8) is 0 Å². The van der Waals surface area contributed by atoms with Gasteiger partial charge in [-0.15, -0.1) is 54.1 Å². The zero-order valence-corrected chi connectivity index (χ0v) is 40.5. The fourth-order valence-electron chi connectivity index (χ4n) is 8.22. The van der Waals surface area contributed by atoms with Crippen LogP contribution in [0.25, 0.3) is 72.6 Å². The first kappa shape index (κ1) is 41.7. The van der Waals surface area contributed by atoms with Crippen LogP contribution in [0.15, 0.2) is 163 Å². The van der Waals surface area contributed by atoms with Crippen molar-refractivity contribution in [2.24, 2.45) is 0 Å². The zero-order valence-electron chi connectivity index (χ0n) is 39.1. The van der Waals surface area contributed by atoms with Crippen LogP contribution in [0.5, 0.6) is 0 Å². The van der Waals surface area contributed by atoms with E-state index in [2.05, 4.69) is 134 Å². The Balaban J connectivity index is 0.000000197. The maximum atomic E-state index is 8.84. The fourth-order valence-corrected chi connectivity index (χ4v) is 9.62. The molecular weight excluding hydrogens is 979 g/mol. The van der Waals surface area contributed by atoms with E-state index in [0.717, 1.165) is 66.5 Å². The average molecular weight is 1030 g/mol. The van der Waals surface area contributed by atoms with Crippen molar-refractivity contribution in [1.29, 1.82) is 0 Å². The van der Waals surface area contributed by atoms with Gasteiger partial charge in [-0.3, -0.25) is 4.98 Å². The molecule has 4 aromatic heterocycles. The number of fused-ring (bicyclic) bond motifs is 4. The van der Waals surface area contributed by atoms with Gasteiger partial charge >= 0.3 is 0 Å². The molecule has 321 valence electrons. The van der Waals surface area contributed by atoms with E-state index in [9.17, 15) is 0 Å². The Labute approximate surface area is 393 Å². The third kappa shape index (κ3) is 8.91. The number of furan rings is 1. The van der Waals surface area contributed by atoms with Gasteiger partial charge in [0.25, 0.3) is 0 Å². The summed E-state index contributed by atoms with van der Waals surface area (Å²) in [6.07, 6.45) is 3.72. The van der Waals surface area contributed by atoms with Crippen LogP contribution < -0.4 is 5.19 Å². The van der Waals surface area contributed by atoms with E-state index in [1.807, 2.05) is 97.3 Å². The Bertz CT molecular complexity index is 3260. The summed E-state index contributed by atoms with van der Waals surface area (Å²) < 4.78 is 26.3. The molecule has 10 rings (SSSR count). The van der Waals surface area contributed by atoms with Gasteiger partial charge in [-0.1, -0.05) is 149 Å². The van der Waals surface area contributed by atoms with Crippen LogP contribution in [0.4, 0.5) is 0 Å². The molecule has 0 atom stereocenters. The normalized spacial score (nSPS) is 12.3. The van der Waals surface area contributed by atoms with Gasteiger partial charge in [0.1, 0.15) is 17.4 Å². The predicted octanol–water partition coefficient (Wildman–Crippen LogP) is 13.8. The average Bonchev–Trinajstić information content (AvgIpc) is 3.90. The number of nitrogens with zero attached hydrogens (tertiary/aromatic N) is 5. The quantitative estimate of drug-likeness (QED) is 0.106. The summed E-state index contributed by atoms with van der Waals surface area (Å²) >= 11 is 0. The fraction of sp³-hybridized carbons (Fsp3) is 0.179. The predicted molar refractivity (Wildman–Crippen MR) is 263 cm³/mol. The van der Waals surface area contributed by atoms with Crippen molar-refractivity contribution < 1.29 is 27.3 Å². The first-order valence-electron chi connectivity index (χ1n) is 22.6. The molecule has 0 spiro atoms. The molecule has 1 radical (unpaired) electrons. The summed E-state index contributed by atoms with van der Waals surface area (Å²) in [6, 6.07) is 53.0. The third-order valence-electron chi connectivity index (χ3n) is 11.4. The summed E-state index contributed by atoms with van der Waals surface area (Å²) in [6.45, 7) is 15.7. The monoisotopic (exact) mass is 1030 g/mol. The number of hydrogen-bond acceptors (Lipinski definition) is 5. The van der Waals surface area contributed by atoms with E-state index in [4.69, 9.17) is 12.1 Å². The van der Waals surface area contributed by atoms with E-state index >= 15 is 0 Å². The van der Waals surface area contributed by atoms with Gasteiger partial charge < -0.3 is 14.0 Å². The van der Waals surface area contributed by atoms with E-state index in [-0.39, 0.29) is 31.9 Å². The molecule has 64 heavy (non-hydrogen) atoms. The molecule has 0 aliphatic rings. The van der Waals surface area contributed by atoms with Crippen LogP contribution in [-0.2, 0) is 26.5 Å². The molecule has 0 aliphatic heterocycles. The maximum absolute atomic E-state index is 8.84. The third-order valence-corrected chi connectivity index (χ3v) is 13.4. The van der Waals surface area contributed by atoms with Crippen LogP contribution >= 0.6 is 0 Å². The molecule has 0 aliphatic carbocycles. The number of para-hydroxylation sites is 1. The van der Waals surface area contributed by atoms with Crippen molar-refractivity contribution in [2.45, 2.75) is 65.5 Å². The first-order valence-corrected chi connectivity index (χ1v) is 25.1. The Morgan fingerprint density at radius 3 is 2.08 bits per heavy atom. The minimum absolute atomic E-state index is 0. The summed E-state index contributed by atoms with van der Waals surface area (Å²) in [5, 5.41) is 3.18. The van der Waals surface area contributed by atoms with E-state index in [0.29, 0.717) is 11.2 Å². The van der Waals surface area contributed by atoms with Crippen LogP contribution in [0.1, 0.15) is 64.5 Å². The molecule has 0 saturated carbocycles. The minimum Gasteiger partial charge on any atom is -0.501 e. The van der Waals surface area contributed by atoms with E-state index < -0.39 is 14.4 Å². The zero-order chi connectivity index (χ0) is 45.5. The molecule has 8 heteroatoms. The Morgan fingerprint density at radius 2 is 1.39 bits per heavy atom. The second kappa shape index (κ2) is 18.8. The molecule has 0 unspecified atom stereocenters. The number of imidazole rings is 1. The number of hydrogen-bond donors (Lipinski definition) is 0. The van der Waals surface area contributed by atoms with Crippen molar-refractivity contribution in [3.8, 4) is 39.5 Å². The van der Waals surface area contributed by atoms with Crippen LogP contribution in [0.3, 0.4) is 0 Å². The summed E-state index contributed by atoms with van der Waals surface area (Å²) in [7, 11) is -1.76. The SMILES string of the molecule is CC(C)c1cc(-c2ccccc2)cc(C(C)C)c1-n1c(-c2[c-]ccc3c2oc2ccccc23)nc2ncncc21.[2H]C([2H])(c1ccccc1)c1cc(-c2[c-]cccc2)ncc1[Si](C)(C)C.[Ir]. The van der Waals surface area contributed by atoms with Gasteiger partial charge in [0.2, 0.25) is 0 Å². The van der Waals surface area contributed by atoms with E-state index in [1.165, 1.54) is 22.3 Å². The molecular formula is C56H51IrN5OSi-2. The van der Waals surface area contributed by atoms with Crippen molar-refractivity contribution in [3.05, 3.63) is 193 Å². The van der Waals surface area contributed by atoms with Gasteiger partial charge in [0, 0.05) is 40.1 Å². The molecule has 0 N–H and O–H groups in total. The molecule has 6 aromatic carbocycles. The van der Waals surface area contributed by atoms with Crippen molar-refractivity contribution in [2.75, 3.05) is 0 Å². The van der Waals surface area contributed by atoms with Crippen LogP contribution in [0.2, 0.25) is 19.6 Å². The van der Waals surface area contributed by atoms with Crippen LogP contribution in [0, 0.1) is 12.1 Å². The first-order chi connectivity index (χ1) is 31.3. The Hall–Kier alpha value is -6.31. The van der Waals surface area contributed by atoms with Gasteiger partial charge in [0.15, 0.2) is 5.65 Å². The summed E-state index contributed by atoms with van der Waals surface area (Å²) in [4.78, 5) is 18.7. The summed E-state index contributed by atoms with van der Waals surface area (Å²) in [5.41, 5.74) is 13.0. The molecule has 6 nitrogen and oxygen atoms in total. The molecule has 0 saturated heterocycles. The Kier molecular flexibility index (Phi) is 12.2. The van der Waals surface area contributed by atoms with Crippen molar-refractivity contribution >= 4 is 46.4 Å². The van der Waals surface area contributed by atoms with Gasteiger partial charge in [0.05, 0.1) is 25.7 Å².